The van der Waals surface area contributed by atoms with Crippen molar-refractivity contribution >= 4 is 6.03 Å². The maximum Gasteiger partial charge on any atom is 0.317 e. The van der Waals surface area contributed by atoms with Crippen LogP contribution in [-0.2, 0) is 6.54 Å². The molecule has 1 aromatic rings. The molecule has 2 amide bonds. The number of benzene rings is 1. The molecule has 1 aliphatic rings. The Kier molecular flexibility index (Phi) is 7.20. The number of amides is 2. The minimum atomic E-state index is 0.0815. The van der Waals surface area contributed by atoms with Gasteiger partial charge in [-0.05, 0) is 12.5 Å². The van der Waals surface area contributed by atoms with Gasteiger partial charge in [-0.25, -0.2) is 4.79 Å². The third-order valence-corrected chi connectivity index (χ3v) is 4.30. The summed E-state index contributed by atoms with van der Waals surface area (Å²) >= 11 is 0. The third-order valence-electron chi connectivity index (χ3n) is 4.30. The largest absolute Gasteiger partial charge is 0.496 e. The molecule has 0 bridgehead atoms. The van der Waals surface area contributed by atoms with Crippen molar-refractivity contribution in [1.29, 1.82) is 0 Å². The van der Waals surface area contributed by atoms with Crippen LogP contribution in [0.5, 0.6) is 5.75 Å². The van der Waals surface area contributed by atoms with Gasteiger partial charge < -0.3 is 15.0 Å². The van der Waals surface area contributed by atoms with Gasteiger partial charge in [0.1, 0.15) is 5.75 Å². The Morgan fingerprint density at radius 1 is 1.17 bits per heavy atom. The Balaban J connectivity index is 1.74. The van der Waals surface area contributed by atoms with Gasteiger partial charge in [-0.15, -0.1) is 0 Å². The average Bonchev–Trinajstić information content (AvgIpc) is 2.59. The molecule has 5 nitrogen and oxygen atoms in total. The lowest BCUT2D eigenvalue weighted by molar-refractivity contribution is 0.134. The standard InChI is InChI=1S/C18H29N3O2/c1-3-4-7-10-19-18(22)21-13-11-20(12-14-21)15-16-8-5-6-9-17(16)23-2/h5-6,8-9H,3-4,7,10-15H2,1-2H3,(H,19,22). The van der Waals surface area contributed by atoms with E-state index in [9.17, 15) is 4.79 Å². The predicted molar refractivity (Wildman–Crippen MR) is 92.8 cm³/mol. The number of nitrogens with zero attached hydrogens (tertiary/aromatic N) is 2. The second-order valence-electron chi connectivity index (χ2n) is 6.01. The summed E-state index contributed by atoms with van der Waals surface area (Å²) in [5.74, 6) is 0.934. The van der Waals surface area contributed by atoms with E-state index >= 15 is 0 Å². The lowest BCUT2D eigenvalue weighted by Crippen LogP contribution is -2.51. The Hall–Kier alpha value is -1.75. The number of unbranched alkanes of at least 4 members (excludes halogenated alkanes) is 2. The summed E-state index contributed by atoms with van der Waals surface area (Å²) in [6, 6.07) is 8.21. The molecule has 1 aliphatic heterocycles. The highest BCUT2D eigenvalue weighted by Gasteiger charge is 2.21. The maximum atomic E-state index is 12.1. The number of nitrogens with one attached hydrogen (secondary N) is 1. The molecule has 0 saturated carbocycles. The van der Waals surface area contributed by atoms with Crippen LogP contribution in [0, 0.1) is 0 Å². The molecule has 2 rings (SSSR count). The van der Waals surface area contributed by atoms with Crippen molar-refractivity contribution in [2.45, 2.75) is 32.7 Å². The number of rotatable bonds is 7. The number of hydrogen-bond acceptors (Lipinski definition) is 3. The third kappa shape index (κ3) is 5.43. The number of piperazine rings is 1. The molecule has 128 valence electrons. The monoisotopic (exact) mass is 319 g/mol. The molecule has 23 heavy (non-hydrogen) atoms. The second-order valence-corrected chi connectivity index (χ2v) is 6.01. The van der Waals surface area contributed by atoms with Crippen LogP contribution in [0.25, 0.3) is 0 Å². The number of urea groups is 1. The van der Waals surface area contributed by atoms with E-state index in [1.165, 1.54) is 18.4 Å². The van der Waals surface area contributed by atoms with Crippen molar-refractivity contribution in [2.75, 3.05) is 39.8 Å². The van der Waals surface area contributed by atoms with Crippen LogP contribution < -0.4 is 10.1 Å². The zero-order valence-electron chi connectivity index (χ0n) is 14.4. The molecule has 1 N–H and O–H groups in total. The van der Waals surface area contributed by atoms with E-state index < -0.39 is 0 Å². The minimum Gasteiger partial charge on any atom is -0.496 e. The van der Waals surface area contributed by atoms with Crippen LogP contribution in [-0.4, -0.2) is 55.7 Å². The summed E-state index contributed by atoms with van der Waals surface area (Å²) in [7, 11) is 1.71. The molecule has 1 heterocycles. The Bertz CT molecular complexity index is 485. The average molecular weight is 319 g/mol. The number of ether oxygens (including phenoxy) is 1. The fourth-order valence-electron chi connectivity index (χ4n) is 2.87. The SMILES string of the molecule is CCCCCNC(=O)N1CCN(Cc2ccccc2OC)CC1. The summed E-state index contributed by atoms with van der Waals surface area (Å²) < 4.78 is 5.41. The summed E-state index contributed by atoms with van der Waals surface area (Å²) in [5, 5.41) is 3.02. The number of hydrogen-bond donors (Lipinski definition) is 1. The summed E-state index contributed by atoms with van der Waals surface area (Å²) in [6.07, 6.45) is 3.42. The van der Waals surface area contributed by atoms with E-state index in [0.717, 1.165) is 51.4 Å². The topological polar surface area (TPSA) is 44.8 Å². The summed E-state index contributed by atoms with van der Waals surface area (Å²) in [6.45, 7) is 7.21. The van der Waals surface area contributed by atoms with Crippen LogP contribution in [0.1, 0.15) is 31.7 Å². The zero-order valence-corrected chi connectivity index (χ0v) is 14.4. The molecular formula is C18H29N3O2. The van der Waals surface area contributed by atoms with E-state index in [1.54, 1.807) is 7.11 Å². The molecule has 0 aromatic heterocycles. The first-order valence-electron chi connectivity index (χ1n) is 8.61. The van der Waals surface area contributed by atoms with Crippen LogP contribution >= 0.6 is 0 Å². The highest BCUT2D eigenvalue weighted by Crippen LogP contribution is 2.19. The minimum absolute atomic E-state index is 0.0815. The van der Waals surface area contributed by atoms with Gasteiger partial charge in [0.2, 0.25) is 0 Å². The highest BCUT2D eigenvalue weighted by atomic mass is 16.5. The molecule has 0 radical (unpaired) electrons. The highest BCUT2D eigenvalue weighted by molar-refractivity contribution is 5.74. The first kappa shape index (κ1) is 17.6. The lowest BCUT2D eigenvalue weighted by atomic mass is 10.1. The molecule has 1 fully saturated rings. The Morgan fingerprint density at radius 2 is 1.91 bits per heavy atom. The Morgan fingerprint density at radius 3 is 2.61 bits per heavy atom. The van der Waals surface area contributed by atoms with Gasteiger partial charge in [0.25, 0.3) is 0 Å². The molecule has 1 saturated heterocycles. The molecule has 0 aliphatic carbocycles. The van der Waals surface area contributed by atoms with Gasteiger partial charge >= 0.3 is 6.03 Å². The molecule has 0 atom stereocenters. The van der Waals surface area contributed by atoms with E-state index in [1.807, 2.05) is 23.1 Å². The smallest absolute Gasteiger partial charge is 0.317 e. The van der Waals surface area contributed by atoms with Crippen molar-refractivity contribution in [3.63, 3.8) is 0 Å². The van der Waals surface area contributed by atoms with Crippen LogP contribution in [0.2, 0.25) is 0 Å². The second kappa shape index (κ2) is 9.40. The first-order valence-corrected chi connectivity index (χ1v) is 8.61. The number of carbonyl (C=O) groups excluding carboxylic acids is 1. The van der Waals surface area contributed by atoms with Crippen LogP contribution in [0.4, 0.5) is 4.79 Å². The van der Waals surface area contributed by atoms with Gasteiger partial charge in [0.15, 0.2) is 0 Å². The van der Waals surface area contributed by atoms with Crippen LogP contribution in [0.3, 0.4) is 0 Å². The van der Waals surface area contributed by atoms with E-state index in [2.05, 4.69) is 23.2 Å². The summed E-state index contributed by atoms with van der Waals surface area (Å²) in [4.78, 5) is 16.4. The van der Waals surface area contributed by atoms with Crippen molar-refractivity contribution in [1.82, 2.24) is 15.1 Å². The zero-order chi connectivity index (χ0) is 16.5. The lowest BCUT2D eigenvalue weighted by Gasteiger charge is -2.34. The molecular weight excluding hydrogens is 290 g/mol. The quantitative estimate of drug-likeness (QED) is 0.786. The Labute approximate surface area is 139 Å². The molecule has 0 spiro atoms. The van der Waals surface area contributed by atoms with E-state index in [0.29, 0.717) is 0 Å². The van der Waals surface area contributed by atoms with Crippen LogP contribution in [0.15, 0.2) is 24.3 Å². The van der Waals surface area contributed by atoms with Gasteiger partial charge in [0.05, 0.1) is 7.11 Å². The molecule has 5 heteroatoms. The van der Waals surface area contributed by atoms with Gasteiger partial charge in [-0.3, -0.25) is 4.90 Å². The predicted octanol–water partition coefficient (Wildman–Crippen LogP) is 2.71. The first-order chi connectivity index (χ1) is 11.2. The van der Waals surface area contributed by atoms with Crippen molar-refractivity contribution in [3.05, 3.63) is 29.8 Å². The van der Waals surface area contributed by atoms with Crippen molar-refractivity contribution in [2.24, 2.45) is 0 Å². The number of methoxy groups -OCH3 is 1. The maximum absolute atomic E-state index is 12.1. The molecule has 1 aromatic carbocycles. The number of para-hydroxylation sites is 1. The van der Waals surface area contributed by atoms with E-state index in [-0.39, 0.29) is 6.03 Å². The van der Waals surface area contributed by atoms with Gasteiger partial charge in [0, 0.05) is 44.8 Å². The van der Waals surface area contributed by atoms with Gasteiger partial charge in [-0.2, -0.15) is 0 Å². The van der Waals surface area contributed by atoms with Crippen molar-refractivity contribution in [3.8, 4) is 5.75 Å². The summed E-state index contributed by atoms with van der Waals surface area (Å²) in [5.41, 5.74) is 1.20. The normalized spacial score (nSPS) is 15.5. The molecule has 0 unspecified atom stereocenters. The van der Waals surface area contributed by atoms with E-state index in [4.69, 9.17) is 4.74 Å². The fourth-order valence-corrected chi connectivity index (χ4v) is 2.87. The van der Waals surface area contributed by atoms with Crippen molar-refractivity contribution < 1.29 is 9.53 Å². The van der Waals surface area contributed by atoms with Gasteiger partial charge in [-0.1, -0.05) is 38.0 Å². The fraction of sp³-hybridized carbons (Fsp3) is 0.611. The number of carbonyl (C=O) groups is 1.